The van der Waals surface area contributed by atoms with Gasteiger partial charge in [0, 0.05) is 29.1 Å². The number of thioether (sulfide) groups is 1. The Balaban J connectivity index is 1.50. The van der Waals surface area contributed by atoms with E-state index in [2.05, 4.69) is 16.0 Å². The van der Waals surface area contributed by atoms with E-state index >= 15 is 0 Å². The first kappa shape index (κ1) is 18.0. The van der Waals surface area contributed by atoms with E-state index < -0.39 is 0 Å². The van der Waals surface area contributed by atoms with Crippen molar-refractivity contribution in [3.63, 3.8) is 0 Å². The molecule has 134 valence electrons. The molecule has 0 aromatic heterocycles. The molecule has 3 amide bonds. The smallest absolute Gasteiger partial charge is 0.251 e. The molecule has 0 spiro atoms. The van der Waals surface area contributed by atoms with Gasteiger partial charge in [-0.2, -0.15) is 0 Å². The summed E-state index contributed by atoms with van der Waals surface area (Å²) in [5.41, 5.74) is 1.70. The summed E-state index contributed by atoms with van der Waals surface area (Å²) in [7, 11) is 0. The number of nitrogens with one attached hydrogen (secondary N) is 3. The van der Waals surface area contributed by atoms with Crippen LogP contribution in [0.1, 0.15) is 27.6 Å². The van der Waals surface area contributed by atoms with Gasteiger partial charge in [-0.15, -0.1) is 11.8 Å². The predicted octanol–water partition coefficient (Wildman–Crippen LogP) is 2.28. The monoisotopic (exact) mass is 369 g/mol. The minimum Gasteiger partial charge on any atom is -0.350 e. The molecular weight excluding hydrogens is 350 g/mol. The average Bonchev–Trinajstić information content (AvgIpc) is 2.66. The Kier molecular flexibility index (Phi) is 5.58. The highest BCUT2D eigenvalue weighted by Gasteiger charge is 2.23. The molecule has 0 saturated carbocycles. The van der Waals surface area contributed by atoms with Crippen molar-refractivity contribution in [1.82, 2.24) is 10.6 Å². The van der Waals surface area contributed by atoms with Gasteiger partial charge >= 0.3 is 0 Å². The first-order valence-corrected chi connectivity index (χ1v) is 9.15. The van der Waals surface area contributed by atoms with E-state index in [-0.39, 0.29) is 23.0 Å². The maximum atomic E-state index is 12.2. The van der Waals surface area contributed by atoms with Crippen LogP contribution in [0.25, 0.3) is 0 Å². The van der Waals surface area contributed by atoms with E-state index in [0.717, 1.165) is 4.90 Å². The summed E-state index contributed by atoms with van der Waals surface area (Å²) < 4.78 is 0. The topological polar surface area (TPSA) is 87.3 Å². The number of rotatable bonds is 5. The van der Waals surface area contributed by atoms with Crippen LogP contribution >= 0.6 is 11.8 Å². The van der Waals surface area contributed by atoms with Crippen LogP contribution in [0.3, 0.4) is 0 Å². The molecule has 6 nitrogen and oxygen atoms in total. The maximum Gasteiger partial charge on any atom is 0.251 e. The van der Waals surface area contributed by atoms with Crippen molar-refractivity contribution in [2.24, 2.45) is 0 Å². The largest absolute Gasteiger partial charge is 0.350 e. The normalized spacial score (nSPS) is 15.6. The van der Waals surface area contributed by atoms with Crippen molar-refractivity contribution in [1.29, 1.82) is 0 Å². The summed E-state index contributed by atoms with van der Waals surface area (Å²) in [6, 6.07) is 14.1. The Morgan fingerprint density at radius 1 is 1.00 bits per heavy atom. The van der Waals surface area contributed by atoms with Crippen molar-refractivity contribution in [3.8, 4) is 0 Å². The molecule has 1 unspecified atom stereocenters. The third-order valence-corrected chi connectivity index (χ3v) is 5.08. The van der Waals surface area contributed by atoms with Gasteiger partial charge in [0.1, 0.15) is 0 Å². The first-order valence-electron chi connectivity index (χ1n) is 8.27. The lowest BCUT2D eigenvalue weighted by Crippen LogP contribution is -2.34. The Labute approximate surface area is 155 Å². The highest BCUT2D eigenvalue weighted by molar-refractivity contribution is 8.00. The fraction of sp³-hybridized carbons (Fsp3) is 0.211. The first-order chi connectivity index (χ1) is 12.5. The number of carbonyl (C=O) groups excluding carboxylic acids is 3. The zero-order valence-corrected chi connectivity index (χ0v) is 15.1. The molecule has 0 aliphatic carbocycles. The van der Waals surface area contributed by atoms with Gasteiger partial charge in [-0.05, 0) is 37.3 Å². The molecule has 2 aromatic carbocycles. The van der Waals surface area contributed by atoms with Gasteiger partial charge in [0.25, 0.3) is 11.8 Å². The molecule has 0 radical (unpaired) electrons. The second-order valence-electron chi connectivity index (χ2n) is 5.84. The third kappa shape index (κ3) is 4.23. The van der Waals surface area contributed by atoms with E-state index in [1.165, 1.54) is 11.8 Å². The van der Waals surface area contributed by atoms with Crippen LogP contribution in [0.15, 0.2) is 53.4 Å². The standard InChI is InChI=1S/C19H19N3O3S/c1-12-17(23)22-15-11-14(7-8-16(15)26-12)19(25)21-10-9-20-18(24)13-5-3-2-4-6-13/h2-8,11-12H,9-10H2,1H3,(H,20,24)(H,21,25)(H,22,23). The molecule has 26 heavy (non-hydrogen) atoms. The second-order valence-corrected chi connectivity index (χ2v) is 7.22. The molecule has 1 aliphatic heterocycles. The quantitative estimate of drug-likeness (QED) is 0.706. The summed E-state index contributed by atoms with van der Waals surface area (Å²) in [6.45, 7) is 2.48. The molecule has 0 saturated heterocycles. The third-order valence-electron chi connectivity index (χ3n) is 3.90. The molecule has 7 heteroatoms. The van der Waals surface area contributed by atoms with Crippen molar-refractivity contribution in [2.75, 3.05) is 18.4 Å². The molecular formula is C19H19N3O3S. The lowest BCUT2D eigenvalue weighted by atomic mass is 10.1. The van der Waals surface area contributed by atoms with Gasteiger partial charge in [-0.1, -0.05) is 18.2 Å². The van der Waals surface area contributed by atoms with Crippen LogP contribution < -0.4 is 16.0 Å². The van der Waals surface area contributed by atoms with Gasteiger partial charge in [0.2, 0.25) is 5.91 Å². The van der Waals surface area contributed by atoms with Gasteiger partial charge in [0.05, 0.1) is 10.9 Å². The molecule has 1 aliphatic rings. The van der Waals surface area contributed by atoms with E-state index in [9.17, 15) is 14.4 Å². The van der Waals surface area contributed by atoms with Crippen molar-refractivity contribution < 1.29 is 14.4 Å². The lowest BCUT2D eigenvalue weighted by molar-refractivity contribution is -0.115. The number of fused-ring (bicyclic) bond motifs is 1. The fourth-order valence-electron chi connectivity index (χ4n) is 2.50. The Hall–Kier alpha value is -2.80. The van der Waals surface area contributed by atoms with E-state index in [4.69, 9.17) is 0 Å². The van der Waals surface area contributed by atoms with E-state index in [1.54, 1.807) is 36.4 Å². The number of amides is 3. The lowest BCUT2D eigenvalue weighted by Gasteiger charge is -2.21. The van der Waals surface area contributed by atoms with Gasteiger partial charge in [-0.3, -0.25) is 14.4 Å². The van der Waals surface area contributed by atoms with E-state index in [0.29, 0.717) is 29.9 Å². The summed E-state index contributed by atoms with van der Waals surface area (Å²) in [5.74, 6) is -0.495. The minimum atomic E-state index is -0.250. The summed E-state index contributed by atoms with van der Waals surface area (Å²) in [6.07, 6.45) is 0. The molecule has 3 N–H and O–H groups in total. The van der Waals surface area contributed by atoms with Crippen LogP contribution in [0.5, 0.6) is 0 Å². The van der Waals surface area contributed by atoms with Crippen LogP contribution in [-0.2, 0) is 4.79 Å². The number of hydrogen-bond donors (Lipinski definition) is 3. The number of hydrogen-bond acceptors (Lipinski definition) is 4. The minimum absolute atomic E-state index is 0.0660. The zero-order chi connectivity index (χ0) is 18.5. The van der Waals surface area contributed by atoms with Gasteiger partial charge in [0.15, 0.2) is 0 Å². The summed E-state index contributed by atoms with van der Waals surface area (Å²) in [4.78, 5) is 36.9. The van der Waals surface area contributed by atoms with Crippen LogP contribution in [0.4, 0.5) is 5.69 Å². The highest BCUT2D eigenvalue weighted by atomic mass is 32.2. The Morgan fingerprint density at radius 3 is 2.35 bits per heavy atom. The highest BCUT2D eigenvalue weighted by Crippen LogP contribution is 2.35. The van der Waals surface area contributed by atoms with E-state index in [1.807, 2.05) is 19.1 Å². The van der Waals surface area contributed by atoms with Gasteiger partial charge in [-0.25, -0.2) is 0 Å². The summed E-state index contributed by atoms with van der Waals surface area (Å²) >= 11 is 1.47. The van der Waals surface area contributed by atoms with Crippen molar-refractivity contribution >= 4 is 35.2 Å². The molecule has 3 rings (SSSR count). The van der Waals surface area contributed by atoms with Crippen LogP contribution in [0.2, 0.25) is 0 Å². The fourth-order valence-corrected chi connectivity index (χ4v) is 3.43. The van der Waals surface area contributed by atoms with Crippen LogP contribution in [-0.4, -0.2) is 36.1 Å². The molecule has 1 atom stereocenters. The zero-order valence-electron chi connectivity index (χ0n) is 14.2. The number of anilines is 1. The Bertz CT molecular complexity index is 839. The summed E-state index contributed by atoms with van der Waals surface area (Å²) in [5, 5.41) is 8.18. The van der Waals surface area contributed by atoms with Crippen LogP contribution in [0, 0.1) is 0 Å². The van der Waals surface area contributed by atoms with Gasteiger partial charge < -0.3 is 16.0 Å². The molecule has 0 fully saturated rings. The number of carbonyl (C=O) groups is 3. The predicted molar refractivity (Wildman–Crippen MR) is 101 cm³/mol. The average molecular weight is 369 g/mol. The molecule has 1 heterocycles. The Morgan fingerprint density at radius 2 is 1.65 bits per heavy atom. The number of benzene rings is 2. The SMILES string of the molecule is CC1Sc2ccc(C(=O)NCCNC(=O)c3ccccc3)cc2NC1=O. The van der Waals surface area contributed by atoms with Crippen molar-refractivity contribution in [3.05, 3.63) is 59.7 Å². The maximum absolute atomic E-state index is 12.2. The second kappa shape index (κ2) is 8.05. The molecule has 2 aromatic rings. The van der Waals surface area contributed by atoms with Crippen molar-refractivity contribution in [2.45, 2.75) is 17.1 Å². The molecule has 0 bridgehead atoms.